The van der Waals surface area contributed by atoms with Crippen molar-refractivity contribution >= 4 is 35.5 Å². The number of rotatable bonds is 10. The summed E-state index contributed by atoms with van der Waals surface area (Å²) < 4.78 is 32.0. The van der Waals surface area contributed by atoms with Crippen molar-refractivity contribution in [1.82, 2.24) is 19.9 Å². The first-order valence-corrected chi connectivity index (χ1v) is 22.6. The van der Waals surface area contributed by atoms with Crippen LogP contribution < -0.4 is 4.74 Å². The molecule has 0 amide bonds. The van der Waals surface area contributed by atoms with Crippen molar-refractivity contribution in [2.75, 3.05) is 19.7 Å². The summed E-state index contributed by atoms with van der Waals surface area (Å²) in [6.07, 6.45) is 5.95. The number of pyridine rings is 1. The van der Waals surface area contributed by atoms with E-state index in [0.29, 0.717) is 52.3 Å². The van der Waals surface area contributed by atoms with Gasteiger partial charge in [-0.05, 0) is 65.2 Å². The van der Waals surface area contributed by atoms with Gasteiger partial charge in [0.15, 0.2) is 0 Å². The Balaban J connectivity index is 1.46. The highest BCUT2D eigenvalue weighted by atomic mass is 28.3. The molecule has 2 fully saturated rings. The third kappa shape index (κ3) is 6.95. The second-order valence-corrected chi connectivity index (χ2v) is 22.4. The molecule has 1 unspecified atom stereocenters. The lowest BCUT2D eigenvalue weighted by molar-refractivity contribution is 0.114. The maximum Gasteiger partial charge on any atom is 0.146 e. The van der Waals surface area contributed by atoms with Crippen LogP contribution in [0, 0.1) is 16.9 Å². The summed E-state index contributed by atoms with van der Waals surface area (Å²) in [7, 11) is -2.12. The standard InChI is InChI=1S/C49H52FN5OSi/c1-32(2)57(33(3)4,34(5)6)23-20-35-16-12-19-40-42(35)24-45(56-30-49-21-13-22-55(49)29-38(50)26-49)47(46(40)44-25-43-37(28-53-44)27-52-31-54-43)39-17-10-11-18-41(39)48(51)36-14-8-7-9-15-36/h7-12,14-19,24-25,27-28,31-34,38,51H,13,21-22,26,29-30H2,1-6H3/t38-,49+/m1/s1/i30D/t30?,38-,49+. The Bertz CT molecular complexity index is 2550. The lowest BCUT2D eigenvalue weighted by atomic mass is 9.85. The SMILES string of the molecule is [2H]C(Oc1cc2c(C#C[Si](C(C)C)(C(C)C)C(C)C)cccc2c(-c2cc3ncncc3cn2)c1-c1ccccc1C(=N)c1ccccc1)[C@@]12CCCN1C[C@H](F)C2. The largest absolute Gasteiger partial charge is 0.491 e. The summed E-state index contributed by atoms with van der Waals surface area (Å²) in [5.41, 5.74) is 11.0. The molecule has 2 aliphatic heterocycles. The van der Waals surface area contributed by atoms with Crippen LogP contribution in [0.2, 0.25) is 16.6 Å². The molecule has 2 aliphatic rings. The Labute approximate surface area is 338 Å². The average molecular weight is 775 g/mol. The zero-order valence-electron chi connectivity index (χ0n) is 34.8. The number of ether oxygens (including phenoxy) is 1. The van der Waals surface area contributed by atoms with Gasteiger partial charge in [0.1, 0.15) is 32.9 Å². The van der Waals surface area contributed by atoms with Crippen molar-refractivity contribution in [3.05, 3.63) is 120 Å². The number of alkyl halides is 1. The molecule has 2 saturated heterocycles. The van der Waals surface area contributed by atoms with Gasteiger partial charge in [0.2, 0.25) is 0 Å². The molecule has 290 valence electrons. The molecule has 0 radical (unpaired) electrons. The highest BCUT2D eigenvalue weighted by Gasteiger charge is 2.49. The monoisotopic (exact) mass is 774 g/mol. The number of hydrogen-bond acceptors (Lipinski definition) is 6. The van der Waals surface area contributed by atoms with E-state index in [9.17, 15) is 6.78 Å². The predicted octanol–water partition coefficient (Wildman–Crippen LogP) is 11.5. The van der Waals surface area contributed by atoms with Crippen molar-refractivity contribution in [3.8, 4) is 39.6 Å². The summed E-state index contributed by atoms with van der Waals surface area (Å²) in [4.78, 5) is 16.1. The van der Waals surface area contributed by atoms with Crippen LogP contribution in [0.4, 0.5) is 4.39 Å². The molecule has 8 rings (SSSR count). The second kappa shape index (κ2) is 15.6. The van der Waals surface area contributed by atoms with Crippen LogP contribution in [0.25, 0.3) is 44.1 Å². The molecule has 0 aliphatic carbocycles. The summed E-state index contributed by atoms with van der Waals surface area (Å²) >= 11 is 0. The van der Waals surface area contributed by atoms with E-state index in [1.165, 1.54) is 0 Å². The maximum absolute atomic E-state index is 15.2. The highest BCUT2D eigenvalue weighted by Crippen LogP contribution is 2.48. The fraction of sp³-hybridized carbons (Fsp3) is 0.347. The van der Waals surface area contributed by atoms with Gasteiger partial charge in [0, 0.05) is 63.9 Å². The van der Waals surface area contributed by atoms with Crippen molar-refractivity contribution in [3.63, 3.8) is 0 Å². The average Bonchev–Trinajstić information content (AvgIpc) is 3.77. The summed E-state index contributed by atoms with van der Waals surface area (Å²) in [6.45, 7) is 13.9. The molecule has 6 aromatic rings. The zero-order chi connectivity index (χ0) is 40.8. The molecule has 2 aromatic heterocycles. The van der Waals surface area contributed by atoms with Crippen LogP contribution in [-0.4, -0.2) is 65.0 Å². The molecule has 8 heteroatoms. The fourth-order valence-corrected chi connectivity index (χ4v) is 15.2. The van der Waals surface area contributed by atoms with Gasteiger partial charge >= 0.3 is 0 Å². The Morgan fingerprint density at radius 1 is 0.930 bits per heavy atom. The van der Waals surface area contributed by atoms with E-state index in [1.807, 2.05) is 66.7 Å². The number of nitrogens with one attached hydrogen (secondary N) is 1. The molecule has 4 heterocycles. The topological polar surface area (TPSA) is 75.0 Å². The van der Waals surface area contributed by atoms with Gasteiger partial charge in [-0.1, -0.05) is 114 Å². The minimum Gasteiger partial charge on any atom is -0.491 e. The molecule has 0 bridgehead atoms. The molecule has 6 nitrogen and oxygen atoms in total. The fourth-order valence-electron chi connectivity index (χ4n) is 9.94. The molecular weight excluding hydrogens is 722 g/mol. The van der Waals surface area contributed by atoms with Crippen LogP contribution >= 0.6 is 0 Å². The summed E-state index contributed by atoms with van der Waals surface area (Å²) in [6, 6.07) is 27.9. The maximum atomic E-state index is 15.2. The Morgan fingerprint density at radius 2 is 1.68 bits per heavy atom. The third-order valence-corrected chi connectivity index (χ3v) is 19.0. The summed E-state index contributed by atoms with van der Waals surface area (Å²) in [5, 5.41) is 12.2. The minimum absolute atomic E-state index is 0.265. The highest BCUT2D eigenvalue weighted by molar-refractivity contribution is 6.90. The normalized spacial score (nSPS) is 19.2. The third-order valence-electron chi connectivity index (χ3n) is 12.7. The number of fused-ring (bicyclic) bond motifs is 3. The molecule has 3 atom stereocenters. The van der Waals surface area contributed by atoms with E-state index < -0.39 is 26.4 Å². The van der Waals surface area contributed by atoms with E-state index in [0.717, 1.165) is 62.5 Å². The van der Waals surface area contributed by atoms with Crippen molar-refractivity contribution < 1.29 is 10.5 Å². The zero-order valence-corrected chi connectivity index (χ0v) is 34.8. The van der Waals surface area contributed by atoms with Gasteiger partial charge in [-0.2, -0.15) is 0 Å². The van der Waals surface area contributed by atoms with Crippen LogP contribution in [0.5, 0.6) is 5.75 Å². The first kappa shape index (κ1) is 37.4. The van der Waals surface area contributed by atoms with Crippen molar-refractivity contribution in [2.45, 2.75) is 89.1 Å². The predicted molar refractivity (Wildman–Crippen MR) is 235 cm³/mol. The number of aromatic nitrogens is 3. The van der Waals surface area contributed by atoms with Gasteiger partial charge in [-0.15, -0.1) is 5.54 Å². The lowest BCUT2D eigenvalue weighted by Crippen LogP contribution is -2.43. The van der Waals surface area contributed by atoms with Crippen LogP contribution in [-0.2, 0) is 0 Å². The summed E-state index contributed by atoms with van der Waals surface area (Å²) in [5.74, 6) is 4.23. The Morgan fingerprint density at radius 3 is 2.46 bits per heavy atom. The Hall–Kier alpha value is -5.23. The van der Waals surface area contributed by atoms with E-state index in [-0.39, 0.29) is 6.42 Å². The quantitative estimate of drug-likeness (QED) is 0.0852. The van der Waals surface area contributed by atoms with Crippen molar-refractivity contribution in [1.29, 1.82) is 5.41 Å². The van der Waals surface area contributed by atoms with Gasteiger partial charge in [0.05, 0.1) is 23.8 Å². The molecule has 1 N–H and O–H groups in total. The first-order chi connectivity index (χ1) is 27.9. The molecule has 0 spiro atoms. The lowest BCUT2D eigenvalue weighted by Gasteiger charge is -2.38. The number of hydrogen-bond donors (Lipinski definition) is 1. The second-order valence-electron chi connectivity index (χ2n) is 16.8. The smallest absolute Gasteiger partial charge is 0.146 e. The minimum atomic E-state index is -2.12. The van der Waals surface area contributed by atoms with E-state index in [1.54, 1.807) is 18.7 Å². The van der Waals surface area contributed by atoms with E-state index >= 15 is 4.39 Å². The molecular formula is C49H52FN5OSi. The molecule has 0 saturated carbocycles. The van der Waals surface area contributed by atoms with Gasteiger partial charge < -0.3 is 4.74 Å². The first-order valence-electron chi connectivity index (χ1n) is 20.9. The Kier molecular flexibility index (Phi) is 10.2. The van der Waals surface area contributed by atoms with Gasteiger partial charge in [-0.25, -0.2) is 14.4 Å². The van der Waals surface area contributed by atoms with Gasteiger partial charge in [0.25, 0.3) is 0 Å². The van der Waals surface area contributed by atoms with Crippen molar-refractivity contribution in [2.24, 2.45) is 0 Å². The van der Waals surface area contributed by atoms with Crippen LogP contribution in [0.15, 0.2) is 104 Å². The van der Waals surface area contributed by atoms with E-state index in [2.05, 4.69) is 86.1 Å². The number of nitrogens with zero attached hydrogens (tertiary/aromatic N) is 4. The van der Waals surface area contributed by atoms with Crippen LogP contribution in [0.1, 0.15) is 78.9 Å². The molecule has 57 heavy (non-hydrogen) atoms. The number of halogens is 1. The molecule has 4 aromatic carbocycles. The number of benzene rings is 4. The van der Waals surface area contributed by atoms with Gasteiger partial charge in [-0.3, -0.25) is 15.3 Å². The van der Waals surface area contributed by atoms with Crippen LogP contribution in [0.3, 0.4) is 0 Å². The van der Waals surface area contributed by atoms with E-state index in [4.69, 9.17) is 9.72 Å².